The van der Waals surface area contributed by atoms with Gasteiger partial charge in [0.05, 0.1) is 0 Å². The van der Waals surface area contributed by atoms with Gasteiger partial charge in [0.15, 0.2) is 0 Å². The summed E-state index contributed by atoms with van der Waals surface area (Å²) in [6, 6.07) is 12.1. The van der Waals surface area contributed by atoms with Crippen molar-refractivity contribution in [1.29, 1.82) is 0 Å². The van der Waals surface area contributed by atoms with E-state index in [1.165, 1.54) is 11.1 Å². The standard InChI is InChI=1S/C14H12Br2ClN/c1-9-2-5-12(15)14(6-9)18-8-10-3-4-11(17)7-13(10)16/h2-7,18H,8H2,1H3. The zero-order valence-corrected chi connectivity index (χ0v) is 13.7. The van der Waals surface area contributed by atoms with Gasteiger partial charge in [-0.1, -0.05) is 39.7 Å². The first-order valence-electron chi connectivity index (χ1n) is 5.50. The molecular formula is C14H12Br2ClN. The number of halogens is 3. The van der Waals surface area contributed by atoms with Crippen molar-refractivity contribution in [2.24, 2.45) is 0 Å². The Balaban J connectivity index is 2.13. The first-order valence-corrected chi connectivity index (χ1v) is 7.46. The minimum Gasteiger partial charge on any atom is -0.380 e. The quantitative estimate of drug-likeness (QED) is 0.701. The van der Waals surface area contributed by atoms with Crippen molar-refractivity contribution < 1.29 is 0 Å². The van der Waals surface area contributed by atoms with E-state index in [1.807, 2.05) is 18.2 Å². The third-order valence-electron chi connectivity index (χ3n) is 2.61. The summed E-state index contributed by atoms with van der Waals surface area (Å²) in [5.74, 6) is 0. The molecule has 0 aliphatic heterocycles. The van der Waals surface area contributed by atoms with Crippen LogP contribution in [0.5, 0.6) is 0 Å². The van der Waals surface area contributed by atoms with E-state index in [-0.39, 0.29) is 0 Å². The highest BCUT2D eigenvalue weighted by Gasteiger charge is 2.03. The lowest BCUT2D eigenvalue weighted by molar-refractivity contribution is 1.13. The van der Waals surface area contributed by atoms with E-state index < -0.39 is 0 Å². The highest BCUT2D eigenvalue weighted by atomic mass is 79.9. The summed E-state index contributed by atoms with van der Waals surface area (Å²) < 4.78 is 2.09. The van der Waals surface area contributed by atoms with Crippen LogP contribution in [0.3, 0.4) is 0 Å². The summed E-state index contributed by atoms with van der Waals surface area (Å²) in [5, 5.41) is 4.15. The highest BCUT2D eigenvalue weighted by Crippen LogP contribution is 2.26. The number of aryl methyl sites for hydroxylation is 1. The molecule has 0 fully saturated rings. The van der Waals surface area contributed by atoms with Gasteiger partial charge in [0, 0.05) is 26.2 Å². The highest BCUT2D eigenvalue weighted by molar-refractivity contribution is 9.11. The van der Waals surface area contributed by atoms with Crippen LogP contribution in [0.1, 0.15) is 11.1 Å². The second kappa shape index (κ2) is 6.09. The van der Waals surface area contributed by atoms with Gasteiger partial charge < -0.3 is 5.32 Å². The van der Waals surface area contributed by atoms with Crippen molar-refractivity contribution >= 4 is 49.1 Å². The topological polar surface area (TPSA) is 12.0 Å². The minimum atomic E-state index is 0.738. The van der Waals surface area contributed by atoms with Crippen LogP contribution >= 0.6 is 43.5 Å². The number of hydrogen-bond donors (Lipinski definition) is 1. The van der Waals surface area contributed by atoms with Gasteiger partial charge in [0.25, 0.3) is 0 Å². The summed E-state index contributed by atoms with van der Waals surface area (Å²) in [5.41, 5.74) is 3.50. The van der Waals surface area contributed by atoms with E-state index in [9.17, 15) is 0 Å². The molecule has 0 aromatic heterocycles. The lowest BCUT2D eigenvalue weighted by Crippen LogP contribution is -2.01. The number of nitrogens with one attached hydrogen (secondary N) is 1. The number of hydrogen-bond acceptors (Lipinski definition) is 1. The van der Waals surface area contributed by atoms with Crippen molar-refractivity contribution in [3.8, 4) is 0 Å². The first-order chi connectivity index (χ1) is 8.56. The molecule has 18 heavy (non-hydrogen) atoms. The van der Waals surface area contributed by atoms with Crippen LogP contribution in [-0.2, 0) is 6.54 Å². The fourth-order valence-electron chi connectivity index (χ4n) is 1.63. The van der Waals surface area contributed by atoms with Crippen molar-refractivity contribution in [2.75, 3.05) is 5.32 Å². The molecular weight excluding hydrogens is 377 g/mol. The van der Waals surface area contributed by atoms with Crippen LogP contribution in [0.15, 0.2) is 45.3 Å². The molecule has 2 aromatic carbocycles. The molecule has 0 radical (unpaired) electrons. The predicted octanol–water partition coefficient (Wildman–Crippen LogP) is 5.79. The molecule has 0 spiro atoms. The number of benzene rings is 2. The van der Waals surface area contributed by atoms with Crippen molar-refractivity contribution in [3.05, 3.63) is 61.5 Å². The lowest BCUT2D eigenvalue weighted by Gasteiger charge is -2.11. The maximum absolute atomic E-state index is 5.92. The fourth-order valence-corrected chi connectivity index (χ4v) is 2.84. The zero-order valence-electron chi connectivity index (χ0n) is 9.81. The molecule has 0 aliphatic carbocycles. The second-order valence-electron chi connectivity index (χ2n) is 4.07. The fraction of sp³-hybridized carbons (Fsp3) is 0.143. The third-order valence-corrected chi connectivity index (χ3v) is 4.27. The van der Waals surface area contributed by atoms with Gasteiger partial charge in [-0.3, -0.25) is 0 Å². The molecule has 0 aliphatic rings. The summed E-state index contributed by atoms with van der Waals surface area (Å²) >= 11 is 13.0. The molecule has 0 atom stereocenters. The normalized spacial score (nSPS) is 10.4. The monoisotopic (exact) mass is 387 g/mol. The summed E-state index contributed by atoms with van der Waals surface area (Å²) in [4.78, 5) is 0. The van der Waals surface area contributed by atoms with Crippen molar-refractivity contribution in [2.45, 2.75) is 13.5 Å². The molecule has 0 amide bonds. The van der Waals surface area contributed by atoms with E-state index in [0.29, 0.717) is 0 Å². The Morgan fingerprint density at radius 2 is 1.83 bits per heavy atom. The van der Waals surface area contributed by atoms with Crippen LogP contribution in [-0.4, -0.2) is 0 Å². The summed E-state index contributed by atoms with van der Waals surface area (Å²) in [7, 11) is 0. The van der Waals surface area contributed by atoms with Gasteiger partial charge in [-0.05, 0) is 58.2 Å². The largest absolute Gasteiger partial charge is 0.380 e. The number of rotatable bonds is 3. The van der Waals surface area contributed by atoms with Gasteiger partial charge in [-0.15, -0.1) is 0 Å². The number of anilines is 1. The van der Waals surface area contributed by atoms with Crippen molar-refractivity contribution in [1.82, 2.24) is 0 Å². The maximum Gasteiger partial charge on any atom is 0.0489 e. The van der Waals surface area contributed by atoms with Gasteiger partial charge in [0.1, 0.15) is 0 Å². The Morgan fingerprint density at radius 3 is 2.56 bits per heavy atom. The SMILES string of the molecule is Cc1ccc(Br)c(NCc2ccc(Cl)cc2Br)c1. The predicted molar refractivity (Wildman–Crippen MR) is 85.4 cm³/mol. The van der Waals surface area contributed by atoms with Crippen LogP contribution in [0.2, 0.25) is 5.02 Å². The second-order valence-corrected chi connectivity index (χ2v) is 6.22. The van der Waals surface area contributed by atoms with E-state index in [4.69, 9.17) is 11.6 Å². The molecule has 4 heteroatoms. The summed E-state index contributed by atoms with van der Waals surface area (Å²) in [6.07, 6.45) is 0. The van der Waals surface area contributed by atoms with Crippen LogP contribution in [0.4, 0.5) is 5.69 Å². The van der Waals surface area contributed by atoms with Crippen LogP contribution < -0.4 is 5.32 Å². The maximum atomic E-state index is 5.92. The Bertz CT molecular complexity index is 570. The Kier molecular flexibility index (Phi) is 4.71. The Morgan fingerprint density at radius 1 is 1.06 bits per heavy atom. The van der Waals surface area contributed by atoms with E-state index >= 15 is 0 Å². The average Bonchev–Trinajstić information content (AvgIpc) is 2.32. The van der Waals surface area contributed by atoms with E-state index in [0.717, 1.165) is 26.2 Å². The Hall–Kier alpha value is -0.510. The Labute approximate surface area is 129 Å². The van der Waals surface area contributed by atoms with E-state index in [1.54, 1.807) is 0 Å². The molecule has 1 nitrogen and oxygen atoms in total. The summed E-state index contributed by atoms with van der Waals surface area (Å²) in [6.45, 7) is 2.83. The molecule has 0 heterocycles. The van der Waals surface area contributed by atoms with Crippen LogP contribution in [0, 0.1) is 6.92 Å². The smallest absolute Gasteiger partial charge is 0.0489 e. The molecule has 1 N–H and O–H groups in total. The average molecular weight is 390 g/mol. The van der Waals surface area contributed by atoms with Gasteiger partial charge in [-0.2, -0.15) is 0 Å². The van der Waals surface area contributed by atoms with Gasteiger partial charge in [-0.25, -0.2) is 0 Å². The molecule has 2 aromatic rings. The molecule has 0 saturated carbocycles. The first kappa shape index (κ1) is 13.9. The van der Waals surface area contributed by atoms with E-state index in [2.05, 4.69) is 62.3 Å². The molecule has 0 unspecified atom stereocenters. The molecule has 0 saturated heterocycles. The lowest BCUT2D eigenvalue weighted by atomic mass is 10.2. The van der Waals surface area contributed by atoms with Crippen molar-refractivity contribution in [3.63, 3.8) is 0 Å². The molecule has 2 rings (SSSR count). The zero-order chi connectivity index (χ0) is 13.1. The van der Waals surface area contributed by atoms with Gasteiger partial charge in [0.2, 0.25) is 0 Å². The van der Waals surface area contributed by atoms with Gasteiger partial charge >= 0.3 is 0 Å². The molecule has 94 valence electrons. The molecule has 0 bridgehead atoms. The minimum absolute atomic E-state index is 0.738. The third kappa shape index (κ3) is 3.50. The van der Waals surface area contributed by atoms with Crippen LogP contribution in [0.25, 0.3) is 0 Å².